The standard InChI is InChI=1S/C3H4O4S2/c4-8(5)1-2-9(6,7)3-8/h1-2H,3H2. The highest BCUT2D eigenvalue weighted by molar-refractivity contribution is 8.13. The second-order valence-electron chi connectivity index (χ2n) is 1.72. The Hall–Kier alpha value is -0.360. The van der Waals surface area contributed by atoms with Crippen LogP contribution in [0.3, 0.4) is 0 Å². The summed E-state index contributed by atoms with van der Waals surface area (Å²) in [5, 5.41) is 0.657. The first-order chi connectivity index (χ1) is 3.91. The fraction of sp³-hybridized carbons (Fsp3) is 0.333. The van der Waals surface area contributed by atoms with Gasteiger partial charge in [0.15, 0.2) is 24.8 Å². The van der Waals surface area contributed by atoms with E-state index < -0.39 is 24.8 Å². The van der Waals surface area contributed by atoms with Crippen LogP contribution < -0.4 is 0 Å². The summed E-state index contributed by atoms with van der Waals surface area (Å²) in [6.07, 6.45) is 0. The molecule has 0 aromatic carbocycles. The molecule has 52 valence electrons. The minimum Gasteiger partial charge on any atom is -0.223 e. The minimum absolute atomic E-state index is 0.711. The molecule has 0 bridgehead atoms. The molecule has 0 amide bonds. The molecule has 0 N–H and O–H groups in total. The van der Waals surface area contributed by atoms with Gasteiger partial charge in [-0.05, 0) is 0 Å². The zero-order chi connectivity index (χ0) is 7.12. The Morgan fingerprint density at radius 3 is 1.33 bits per heavy atom. The van der Waals surface area contributed by atoms with Gasteiger partial charge in [0, 0.05) is 10.8 Å². The summed E-state index contributed by atoms with van der Waals surface area (Å²) < 4.78 is 41.5. The lowest BCUT2D eigenvalue weighted by molar-refractivity contribution is 0.601. The van der Waals surface area contributed by atoms with Gasteiger partial charge in [0.05, 0.1) is 0 Å². The van der Waals surface area contributed by atoms with E-state index in [-0.39, 0.29) is 0 Å². The molecule has 0 radical (unpaired) electrons. The molecule has 0 atom stereocenters. The van der Waals surface area contributed by atoms with Crippen LogP contribution in [0.5, 0.6) is 0 Å². The molecule has 9 heavy (non-hydrogen) atoms. The summed E-state index contributed by atoms with van der Waals surface area (Å²) in [6, 6.07) is 0. The van der Waals surface area contributed by atoms with Crippen molar-refractivity contribution < 1.29 is 16.8 Å². The van der Waals surface area contributed by atoms with E-state index in [4.69, 9.17) is 0 Å². The molecule has 0 aromatic rings. The molecule has 1 aliphatic rings. The van der Waals surface area contributed by atoms with E-state index in [9.17, 15) is 16.8 Å². The normalized spacial score (nSPS) is 28.4. The third-order valence-electron chi connectivity index (χ3n) is 0.799. The van der Waals surface area contributed by atoms with E-state index in [0.29, 0.717) is 10.8 Å². The summed E-state index contributed by atoms with van der Waals surface area (Å²) in [7, 11) is -6.84. The minimum atomic E-state index is -3.42. The topological polar surface area (TPSA) is 68.3 Å². The predicted molar refractivity (Wildman–Crippen MR) is 31.8 cm³/mol. The average Bonchev–Trinajstić information content (AvgIpc) is 1.78. The molecule has 0 unspecified atom stereocenters. The van der Waals surface area contributed by atoms with Crippen molar-refractivity contribution >= 4 is 19.7 Å². The molecule has 0 saturated heterocycles. The van der Waals surface area contributed by atoms with E-state index in [2.05, 4.69) is 0 Å². The quantitative estimate of drug-likeness (QED) is 0.477. The molecule has 0 aliphatic carbocycles. The van der Waals surface area contributed by atoms with Crippen molar-refractivity contribution in [3.63, 3.8) is 0 Å². The Morgan fingerprint density at radius 1 is 0.889 bits per heavy atom. The van der Waals surface area contributed by atoms with Crippen molar-refractivity contribution in [2.24, 2.45) is 0 Å². The largest absolute Gasteiger partial charge is 0.223 e. The van der Waals surface area contributed by atoms with Crippen LogP contribution in [0.15, 0.2) is 10.8 Å². The van der Waals surface area contributed by atoms with Crippen molar-refractivity contribution in [3.8, 4) is 0 Å². The Bertz CT molecular complexity index is 296. The van der Waals surface area contributed by atoms with Crippen molar-refractivity contribution in [1.29, 1.82) is 0 Å². The summed E-state index contributed by atoms with van der Waals surface area (Å²) in [6.45, 7) is 0. The third kappa shape index (κ3) is 1.52. The fourth-order valence-corrected chi connectivity index (χ4v) is 4.29. The molecule has 0 spiro atoms. The van der Waals surface area contributed by atoms with Gasteiger partial charge in [-0.25, -0.2) is 16.8 Å². The van der Waals surface area contributed by atoms with E-state index in [0.717, 1.165) is 0 Å². The number of hydrogen-bond donors (Lipinski definition) is 0. The number of sulfone groups is 2. The zero-order valence-electron chi connectivity index (χ0n) is 4.31. The molecule has 1 rings (SSSR count). The maximum Gasteiger partial charge on any atom is 0.186 e. The maximum atomic E-state index is 10.4. The lowest BCUT2D eigenvalue weighted by atomic mass is 11.3. The van der Waals surface area contributed by atoms with Gasteiger partial charge in [-0.15, -0.1) is 0 Å². The molecule has 0 aromatic heterocycles. The van der Waals surface area contributed by atoms with Gasteiger partial charge < -0.3 is 0 Å². The van der Waals surface area contributed by atoms with Crippen molar-refractivity contribution in [1.82, 2.24) is 0 Å². The lowest BCUT2D eigenvalue weighted by Gasteiger charge is -1.83. The second kappa shape index (κ2) is 1.57. The summed E-state index contributed by atoms with van der Waals surface area (Å²) in [5.41, 5.74) is 0. The Balaban J connectivity index is 3.28. The van der Waals surface area contributed by atoms with Gasteiger partial charge in [0.25, 0.3) is 0 Å². The predicted octanol–water partition coefficient (Wildman–Crippen LogP) is -0.742. The summed E-state index contributed by atoms with van der Waals surface area (Å²) in [4.78, 5) is 0. The van der Waals surface area contributed by atoms with Gasteiger partial charge >= 0.3 is 0 Å². The fourth-order valence-electron chi connectivity index (χ4n) is 0.477. The van der Waals surface area contributed by atoms with Crippen LogP contribution >= 0.6 is 0 Å². The number of hydrogen-bond acceptors (Lipinski definition) is 4. The number of rotatable bonds is 0. The molecule has 4 nitrogen and oxygen atoms in total. The van der Waals surface area contributed by atoms with Crippen molar-refractivity contribution in [2.45, 2.75) is 0 Å². The average molecular weight is 168 g/mol. The molecule has 1 aliphatic heterocycles. The van der Waals surface area contributed by atoms with Crippen LogP contribution in [-0.4, -0.2) is 21.9 Å². The molecule has 0 saturated carbocycles. The first-order valence-electron chi connectivity index (χ1n) is 2.05. The van der Waals surface area contributed by atoms with Gasteiger partial charge in [-0.2, -0.15) is 0 Å². The van der Waals surface area contributed by atoms with E-state index in [1.54, 1.807) is 0 Å². The van der Waals surface area contributed by atoms with Gasteiger partial charge in [-0.1, -0.05) is 0 Å². The summed E-state index contributed by atoms with van der Waals surface area (Å²) in [5.74, 6) is 0. The second-order valence-corrected chi connectivity index (χ2v) is 5.85. The van der Waals surface area contributed by atoms with Crippen molar-refractivity contribution in [3.05, 3.63) is 10.8 Å². The summed E-state index contributed by atoms with van der Waals surface area (Å²) >= 11 is 0. The van der Waals surface area contributed by atoms with Gasteiger partial charge in [0.1, 0.15) is 0 Å². The van der Waals surface area contributed by atoms with Crippen molar-refractivity contribution in [2.75, 3.05) is 5.08 Å². The Morgan fingerprint density at radius 2 is 1.22 bits per heavy atom. The monoisotopic (exact) mass is 168 g/mol. The first kappa shape index (κ1) is 6.76. The van der Waals surface area contributed by atoms with Crippen LogP contribution in [-0.2, 0) is 19.7 Å². The van der Waals surface area contributed by atoms with Crippen LogP contribution in [0.1, 0.15) is 0 Å². The SMILES string of the molecule is O=S1(=O)C=CS(=O)(=O)C1. The Labute approximate surface area is 53.0 Å². The highest BCUT2D eigenvalue weighted by atomic mass is 32.3. The molecule has 6 heteroatoms. The lowest BCUT2D eigenvalue weighted by Crippen LogP contribution is -2.03. The van der Waals surface area contributed by atoms with Crippen LogP contribution in [0.4, 0.5) is 0 Å². The third-order valence-corrected chi connectivity index (χ3v) is 4.70. The molecular weight excluding hydrogens is 164 g/mol. The van der Waals surface area contributed by atoms with Crippen LogP contribution in [0.25, 0.3) is 0 Å². The maximum absolute atomic E-state index is 10.4. The Kier molecular flexibility index (Phi) is 1.18. The van der Waals surface area contributed by atoms with E-state index in [1.165, 1.54) is 0 Å². The van der Waals surface area contributed by atoms with Crippen LogP contribution in [0.2, 0.25) is 0 Å². The van der Waals surface area contributed by atoms with E-state index in [1.807, 2.05) is 0 Å². The smallest absolute Gasteiger partial charge is 0.186 e. The van der Waals surface area contributed by atoms with E-state index >= 15 is 0 Å². The van der Waals surface area contributed by atoms with Gasteiger partial charge in [-0.3, -0.25) is 0 Å². The van der Waals surface area contributed by atoms with Gasteiger partial charge in [0.2, 0.25) is 0 Å². The molecule has 0 fully saturated rings. The molecular formula is C3H4O4S2. The van der Waals surface area contributed by atoms with Crippen LogP contribution in [0, 0.1) is 0 Å². The highest BCUT2D eigenvalue weighted by Crippen LogP contribution is 2.10. The highest BCUT2D eigenvalue weighted by Gasteiger charge is 2.24. The molecule has 1 heterocycles. The zero-order valence-corrected chi connectivity index (χ0v) is 5.94. The first-order valence-corrected chi connectivity index (χ1v) is 5.48.